The van der Waals surface area contributed by atoms with Crippen molar-refractivity contribution in [1.29, 1.82) is 0 Å². The van der Waals surface area contributed by atoms with Gasteiger partial charge in [-0.3, -0.25) is 0 Å². The average molecular weight is 712 g/mol. The number of hydrogen-bond acceptors (Lipinski definition) is 5. The van der Waals surface area contributed by atoms with Gasteiger partial charge in [-0.25, -0.2) is 4.18 Å². The van der Waals surface area contributed by atoms with Crippen molar-refractivity contribution in [2.75, 3.05) is 7.11 Å². The number of rotatable bonds is 3. The van der Waals surface area contributed by atoms with Crippen molar-refractivity contribution in [3.63, 3.8) is 0 Å². The van der Waals surface area contributed by atoms with Gasteiger partial charge in [-0.1, -0.05) is 18.2 Å². The van der Waals surface area contributed by atoms with E-state index in [0.717, 1.165) is 5.56 Å². The number of phenolic OH excluding ortho intramolecular Hbond substituents is 1. The maximum absolute atomic E-state index is 13.2. The van der Waals surface area contributed by atoms with Crippen LogP contribution in [0.1, 0.15) is 27.8 Å². The summed E-state index contributed by atoms with van der Waals surface area (Å²) in [6.07, 6.45) is 0. The third kappa shape index (κ3) is 3.41. The van der Waals surface area contributed by atoms with E-state index < -0.39 is 15.7 Å². The topological polar surface area (TPSA) is 72.8 Å². The molecule has 0 aliphatic carbocycles. The first-order valence-corrected chi connectivity index (χ1v) is 13.8. The van der Waals surface area contributed by atoms with Crippen LogP contribution in [-0.2, 0) is 19.9 Å². The molecule has 4 rings (SSSR count). The van der Waals surface area contributed by atoms with Crippen LogP contribution in [-0.4, -0.2) is 20.6 Å². The number of phenols is 1. The van der Waals surface area contributed by atoms with Crippen LogP contribution in [0.25, 0.3) is 0 Å². The van der Waals surface area contributed by atoms with Gasteiger partial charge in [0.25, 0.3) is 10.1 Å². The maximum Gasteiger partial charge on any atom is 0.298 e. The van der Waals surface area contributed by atoms with Gasteiger partial charge in [0.1, 0.15) is 16.4 Å². The lowest BCUT2D eigenvalue weighted by atomic mass is 9.77. The molecule has 0 spiro atoms. The van der Waals surface area contributed by atoms with Crippen LogP contribution in [0.4, 0.5) is 0 Å². The molecule has 1 aliphatic rings. The van der Waals surface area contributed by atoms with Gasteiger partial charge in [-0.2, -0.15) is 8.42 Å². The molecular formula is C22H16Br4O5S. The zero-order chi connectivity index (χ0) is 23.6. The van der Waals surface area contributed by atoms with E-state index in [0.29, 0.717) is 45.9 Å². The zero-order valence-corrected chi connectivity index (χ0v) is 24.1. The van der Waals surface area contributed by atoms with Crippen LogP contribution in [0.5, 0.6) is 11.5 Å². The Morgan fingerprint density at radius 2 is 1.47 bits per heavy atom. The fraction of sp³-hybridized carbons (Fsp3) is 0.182. The number of benzene rings is 3. The monoisotopic (exact) mass is 708 g/mol. The molecule has 0 bridgehead atoms. The van der Waals surface area contributed by atoms with Crippen molar-refractivity contribution < 1.29 is 22.4 Å². The largest absolute Gasteiger partial charge is 0.506 e. The van der Waals surface area contributed by atoms with Crippen LogP contribution in [0, 0.1) is 13.8 Å². The van der Waals surface area contributed by atoms with Crippen LogP contribution in [0.3, 0.4) is 0 Å². The molecule has 168 valence electrons. The van der Waals surface area contributed by atoms with Gasteiger partial charge < -0.3 is 9.84 Å². The lowest BCUT2D eigenvalue weighted by molar-refractivity contribution is 0.178. The minimum Gasteiger partial charge on any atom is -0.506 e. The van der Waals surface area contributed by atoms with Gasteiger partial charge in [-0.05, 0) is 118 Å². The molecule has 32 heavy (non-hydrogen) atoms. The van der Waals surface area contributed by atoms with Crippen molar-refractivity contribution in [1.82, 2.24) is 0 Å². The molecule has 5 nitrogen and oxygen atoms in total. The Kier molecular flexibility index (Phi) is 6.35. The molecule has 10 heteroatoms. The molecule has 1 unspecified atom stereocenters. The molecule has 0 saturated carbocycles. The van der Waals surface area contributed by atoms with Crippen molar-refractivity contribution >= 4 is 73.8 Å². The second-order valence-electron chi connectivity index (χ2n) is 7.29. The first-order valence-electron chi connectivity index (χ1n) is 9.23. The van der Waals surface area contributed by atoms with Crippen LogP contribution in [0.2, 0.25) is 0 Å². The summed E-state index contributed by atoms with van der Waals surface area (Å²) in [6.45, 7) is 3.67. The predicted molar refractivity (Wildman–Crippen MR) is 136 cm³/mol. The maximum atomic E-state index is 13.2. The van der Waals surface area contributed by atoms with Crippen molar-refractivity contribution in [2.24, 2.45) is 0 Å². The predicted octanol–water partition coefficient (Wildman–Crippen LogP) is 7.08. The SMILES string of the molecule is COc1c(Br)cc(C2(c3cc(Br)c(O)c(Br)c3C)OS(=O)(=O)c3ccccc32)c(C)c1Br. The normalized spacial score (nSPS) is 19.1. The van der Waals surface area contributed by atoms with Gasteiger partial charge in [0.15, 0.2) is 5.60 Å². The standard InChI is InChI=1S/C22H16Br4O5S/c1-10-13(8-15(23)20(27)18(10)25)22(12-6-4-5-7-17(12)32(28,29)31-22)14-9-16(24)21(30-3)19(26)11(14)2/h4-9,27H,1-3H3. The Hall–Kier alpha value is -0.910. The summed E-state index contributed by atoms with van der Waals surface area (Å²) in [5.74, 6) is 0.602. The van der Waals surface area contributed by atoms with E-state index in [1.54, 1.807) is 38.3 Å². The molecule has 1 N–H and O–H groups in total. The number of halogens is 4. The molecule has 1 atom stereocenters. The van der Waals surface area contributed by atoms with Crippen LogP contribution >= 0.6 is 63.7 Å². The lowest BCUT2D eigenvalue weighted by Crippen LogP contribution is -2.32. The number of aromatic hydroxyl groups is 1. The fourth-order valence-electron chi connectivity index (χ4n) is 4.07. The summed E-state index contributed by atoms with van der Waals surface area (Å²) in [5, 5.41) is 10.4. The summed E-state index contributed by atoms with van der Waals surface area (Å²) in [4.78, 5) is 0.0992. The summed E-state index contributed by atoms with van der Waals surface area (Å²) >= 11 is 14.0. The van der Waals surface area contributed by atoms with Crippen molar-refractivity contribution in [3.8, 4) is 11.5 Å². The first-order chi connectivity index (χ1) is 15.0. The highest BCUT2D eigenvalue weighted by Crippen LogP contribution is 2.56. The lowest BCUT2D eigenvalue weighted by Gasteiger charge is -2.33. The smallest absolute Gasteiger partial charge is 0.298 e. The average Bonchev–Trinajstić information content (AvgIpc) is 3.00. The highest BCUT2D eigenvalue weighted by Gasteiger charge is 2.53. The molecule has 1 aliphatic heterocycles. The van der Waals surface area contributed by atoms with Crippen LogP contribution < -0.4 is 4.74 Å². The number of fused-ring (bicyclic) bond motifs is 1. The summed E-state index contributed by atoms with van der Waals surface area (Å²) in [5.41, 5.74) is 1.55. The van der Waals surface area contributed by atoms with Gasteiger partial charge in [-0.15, -0.1) is 0 Å². The van der Waals surface area contributed by atoms with Gasteiger partial charge in [0.2, 0.25) is 0 Å². The minimum absolute atomic E-state index is 0.0179. The molecule has 3 aromatic carbocycles. The Morgan fingerprint density at radius 1 is 0.906 bits per heavy atom. The third-order valence-electron chi connectivity index (χ3n) is 5.59. The highest BCUT2D eigenvalue weighted by molar-refractivity contribution is 9.11. The number of hydrogen-bond donors (Lipinski definition) is 1. The van der Waals surface area contributed by atoms with E-state index >= 15 is 0 Å². The summed E-state index contributed by atoms with van der Waals surface area (Å²) in [7, 11) is -2.52. The van der Waals surface area contributed by atoms with E-state index in [9.17, 15) is 13.5 Å². The Morgan fingerprint density at radius 3 is 2.09 bits per heavy atom. The Bertz CT molecular complexity index is 1390. The van der Waals surface area contributed by atoms with E-state index in [4.69, 9.17) is 8.92 Å². The fourth-order valence-corrected chi connectivity index (χ4v) is 8.05. The van der Waals surface area contributed by atoms with Crippen molar-refractivity contribution in [3.05, 3.63) is 82.1 Å². The van der Waals surface area contributed by atoms with Gasteiger partial charge >= 0.3 is 0 Å². The van der Waals surface area contributed by atoms with E-state index in [-0.39, 0.29) is 10.6 Å². The van der Waals surface area contributed by atoms with Crippen LogP contribution in [0.15, 0.2) is 59.2 Å². The zero-order valence-electron chi connectivity index (χ0n) is 17.0. The molecule has 0 fully saturated rings. The Balaban J connectivity index is 2.24. The van der Waals surface area contributed by atoms with E-state index in [2.05, 4.69) is 63.7 Å². The quantitative estimate of drug-likeness (QED) is 0.294. The Labute approximate surface area is 219 Å². The van der Waals surface area contributed by atoms with E-state index in [1.165, 1.54) is 6.07 Å². The molecule has 0 aromatic heterocycles. The number of methoxy groups -OCH3 is 1. The van der Waals surface area contributed by atoms with Gasteiger partial charge in [0, 0.05) is 5.56 Å². The summed E-state index contributed by atoms with van der Waals surface area (Å²) < 4.78 is 40.1. The molecule has 0 radical (unpaired) electrons. The molecule has 1 heterocycles. The number of ether oxygens (including phenoxy) is 1. The molecule has 0 saturated heterocycles. The second-order valence-corrected chi connectivity index (χ2v) is 12.1. The molecular weight excluding hydrogens is 696 g/mol. The summed E-state index contributed by atoms with van der Waals surface area (Å²) in [6, 6.07) is 10.2. The second kappa shape index (κ2) is 8.39. The molecule has 3 aromatic rings. The minimum atomic E-state index is -4.08. The molecule has 0 amide bonds. The van der Waals surface area contributed by atoms with Crippen molar-refractivity contribution in [2.45, 2.75) is 24.3 Å². The first kappa shape index (κ1) is 24.2. The third-order valence-corrected chi connectivity index (χ3v) is 10.1. The van der Waals surface area contributed by atoms with Gasteiger partial charge in [0.05, 0.1) is 25.0 Å². The van der Waals surface area contributed by atoms with E-state index in [1.807, 2.05) is 13.0 Å². The highest BCUT2D eigenvalue weighted by atomic mass is 79.9.